The first kappa shape index (κ1) is 14.1. The molecule has 22 heavy (non-hydrogen) atoms. The Balaban J connectivity index is 1.66. The third-order valence-corrected chi connectivity index (χ3v) is 3.25. The lowest BCUT2D eigenvalue weighted by atomic mass is 10.1. The third kappa shape index (κ3) is 2.76. The number of carbonyl (C=O) groups is 2. The van der Waals surface area contributed by atoms with Crippen LogP contribution in [0.5, 0.6) is 5.75 Å². The number of fused-ring (bicyclic) bond motifs is 1. The topological polar surface area (TPSA) is 98.1 Å². The van der Waals surface area contributed by atoms with Crippen molar-refractivity contribution in [2.45, 2.75) is 19.4 Å². The molecule has 0 aliphatic carbocycles. The number of nitrogens with zero attached hydrogens (tertiary/aromatic N) is 3. The van der Waals surface area contributed by atoms with E-state index in [1.165, 1.54) is 10.9 Å². The second-order valence-electron chi connectivity index (χ2n) is 4.77. The highest BCUT2D eigenvalue weighted by atomic mass is 16.5. The summed E-state index contributed by atoms with van der Waals surface area (Å²) in [4.78, 5) is 24.1. The molecule has 0 fully saturated rings. The van der Waals surface area contributed by atoms with E-state index in [-0.39, 0.29) is 24.2 Å². The molecular weight excluding hydrogens is 286 g/mol. The molecule has 1 atom stereocenters. The Morgan fingerprint density at radius 2 is 2.23 bits per heavy atom. The molecule has 114 valence electrons. The average Bonchev–Trinajstić information content (AvgIpc) is 2.98. The van der Waals surface area contributed by atoms with Crippen LogP contribution in [0.3, 0.4) is 0 Å². The first-order chi connectivity index (χ1) is 10.7. The zero-order valence-electron chi connectivity index (χ0n) is 11.9. The van der Waals surface area contributed by atoms with Gasteiger partial charge < -0.3 is 15.4 Å². The van der Waals surface area contributed by atoms with E-state index in [2.05, 4.69) is 20.8 Å². The molecule has 2 N–H and O–H groups in total. The van der Waals surface area contributed by atoms with Crippen molar-refractivity contribution in [3.05, 3.63) is 30.6 Å². The van der Waals surface area contributed by atoms with E-state index in [1.807, 2.05) is 6.92 Å². The summed E-state index contributed by atoms with van der Waals surface area (Å²) in [6.45, 7) is 2.49. The second kappa shape index (κ2) is 5.84. The van der Waals surface area contributed by atoms with Gasteiger partial charge in [-0.2, -0.15) is 0 Å². The highest BCUT2D eigenvalue weighted by Crippen LogP contribution is 2.18. The molecule has 1 aliphatic rings. The normalized spacial score (nSPS) is 16.6. The Morgan fingerprint density at radius 1 is 1.45 bits per heavy atom. The summed E-state index contributed by atoms with van der Waals surface area (Å²) in [7, 11) is 0. The summed E-state index contributed by atoms with van der Waals surface area (Å²) in [5, 5.41) is 13.1. The van der Waals surface area contributed by atoms with Crippen LogP contribution in [0.15, 0.2) is 30.6 Å². The number of ether oxygens (including phenoxy) is 1. The van der Waals surface area contributed by atoms with Gasteiger partial charge in [0.05, 0.1) is 13.0 Å². The van der Waals surface area contributed by atoms with Crippen molar-refractivity contribution in [1.82, 2.24) is 14.8 Å². The Hall–Kier alpha value is -2.90. The maximum absolute atomic E-state index is 12.2. The number of carbonyl (C=O) groups excluding carboxylic acids is 2. The van der Waals surface area contributed by atoms with E-state index in [4.69, 9.17) is 4.74 Å². The molecule has 3 rings (SSSR count). The Morgan fingerprint density at radius 3 is 2.95 bits per heavy atom. The minimum atomic E-state index is -0.671. The molecule has 2 heterocycles. The lowest BCUT2D eigenvalue weighted by Crippen LogP contribution is -2.42. The Bertz CT molecular complexity index is 695. The van der Waals surface area contributed by atoms with Gasteiger partial charge in [0, 0.05) is 5.69 Å². The van der Waals surface area contributed by atoms with E-state index in [1.54, 1.807) is 24.3 Å². The van der Waals surface area contributed by atoms with Crippen molar-refractivity contribution in [3.8, 4) is 5.75 Å². The molecule has 0 radical (unpaired) electrons. The van der Waals surface area contributed by atoms with Gasteiger partial charge in [-0.05, 0) is 31.2 Å². The number of benzene rings is 1. The Kier molecular flexibility index (Phi) is 3.73. The molecule has 1 aliphatic heterocycles. The van der Waals surface area contributed by atoms with Gasteiger partial charge in [0.25, 0.3) is 0 Å². The van der Waals surface area contributed by atoms with Crippen LogP contribution in [0, 0.1) is 0 Å². The second-order valence-corrected chi connectivity index (χ2v) is 4.77. The molecule has 8 nitrogen and oxygen atoms in total. The number of hydrogen-bond donors (Lipinski definition) is 2. The first-order valence-corrected chi connectivity index (χ1v) is 6.91. The largest absolute Gasteiger partial charge is 0.494 e. The fourth-order valence-electron chi connectivity index (χ4n) is 2.18. The minimum absolute atomic E-state index is 0.0495. The van der Waals surface area contributed by atoms with Crippen LogP contribution in [0.25, 0.3) is 0 Å². The molecule has 0 unspecified atom stereocenters. The highest BCUT2D eigenvalue weighted by molar-refractivity contribution is 6.01. The lowest BCUT2D eigenvalue weighted by Gasteiger charge is -2.22. The van der Waals surface area contributed by atoms with Crippen LogP contribution in [0.2, 0.25) is 0 Å². The van der Waals surface area contributed by atoms with Gasteiger partial charge in [0.15, 0.2) is 0 Å². The zero-order valence-corrected chi connectivity index (χ0v) is 11.9. The zero-order chi connectivity index (χ0) is 15.5. The molecule has 0 spiro atoms. The van der Waals surface area contributed by atoms with Crippen molar-refractivity contribution in [2.24, 2.45) is 0 Å². The fourth-order valence-corrected chi connectivity index (χ4v) is 2.18. The molecule has 8 heteroatoms. The summed E-state index contributed by atoms with van der Waals surface area (Å²) in [5.74, 6) is 0.500. The van der Waals surface area contributed by atoms with Gasteiger partial charge in [0.2, 0.25) is 17.8 Å². The number of amides is 1. The lowest BCUT2D eigenvalue weighted by molar-refractivity contribution is -0.117. The van der Waals surface area contributed by atoms with Gasteiger partial charge in [0.1, 0.15) is 18.1 Å². The van der Waals surface area contributed by atoms with Crippen LogP contribution in [0.1, 0.15) is 18.1 Å². The van der Waals surface area contributed by atoms with E-state index < -0.39 is 6.04 Å². The maximum atomic E-state index is 12.2. The van der Waals surface area contributed by atoms with Crippen LogP contribution >= 0.6 is 0 Å². The number of rotatable bonds is 4. The van der Waals surface area contributed by atoms with Crippen LogP contribution in [-0.2, 0) is 4.79 Å². The van der Waals surface area contributed by atoms with Gasteiger partial charge in [-0.1, -0.05) is 0 Å². The summed E-state index contributed by atoms with van der Waals surface area (Å²) < 4.78 is 6.63. The van der Waals surface area contributed by atoms with Gasteiger partial charge in [-0.3, -0.25) is 9.59 Å². The number of hydrogen-bond acceptors (Lipinski definition) is 6. The van der Waals surface area contributed by atoms with Crippen molar-refractivity contribution in [2.75, 3.05) is 17.2 Å². The molecule has 0 saturated carbocycles. The molecule has 1 amide bonds. The van der Waals surface area contributed by atoms with Crippen LogP contribution < -0.4 is 15.4 Å². The quantitative estimate of drug-likeness (QED) is 0.878. The van der Waals surface area contributed by atoms with Crippen molar-refractivity contribution in [3.63, 3.8) is 0 Å². The first-order valence-electron chi connectivity index (χ1n) is 6.91. The van der Waals surface area contributed by atoms with E-state index in [0.717, 1.165) is 5.75 Å². The Labute approximate surface area is 126 Å². The summed E-state index contributed by atoms with van der Waals surface area (Å²) in [6.07, 6.45) is 1.37. The summed E-state index contributed by atoms with van der Waals surface area (Å²) in [5.41, 5.74) is 0.634. The minimum Gasteiger partial charge on any atom is -0.494 e. The molecular formula is C14H15N5O3. The fraction of sp³-hybridized carbons (Fsp3) is 0.286. The highest BCUT2D eigenvalue weighted by Gasteiger charge is 2.30. The van der Waals surface area contributed by atoms with Crippen molar-refractivity contribution < 1.29 is 14.3 Å². The SMILES string of the molecule is CCOc1ccc(NC(=O)[C@H]2CC(=O)n3cnnc3N2)cc1. The molecule has 0 bridgehead atoms. The van der Waals surface area contributed by atoms with E-state index >= 15 is 0 Å². The van der Waals surface area contributed by atoms with Gasteiger partial charge in [-0.25, -0.2) is 4.57 Å². The number of anilines is 2. The van der Waals surface area contributed by atoms with Crippen LogP contribution in [-0.4, -0.2) is 39.2 Å². The molecule has 1 aromatic heterocycles. The van der Waals surface area contributed by atoms with E-state index in [9.17, 15) is 9.59 Å². The van der Waals surface area contributed by atoms with Crippen LogP contribution in [0.4, 0.5) is 11.6 Å². The standard InChI is InChI=1S/C14H15N5O3/c1-2-22-10-5-3-9(4-6-10)16-13(21)11-7-12(20)19-8-15-18-14(19)17-11/h3-6,8,11H,2,7H2,1H3,(H,16,21)(H,17,18)/t11-/m1/s1. The molecule has 2 aromatic rings. The van der Waals surface area contributed by atoms with E-state index in [0.29, 0.717) is 12.3 Å². The number of aromatic nitrogens is 3. The molecule has 0 saturated heterocycles. The third-order valence-electron chi connectivity index (χ3n) is 3.25. The summed E-state index contributed by atoms with van der Waals surface area (Å²) in [6, 6.07) is 6.37. The predicted octanol–water partition coefficient (Wildman–Crippen LogP) is 1.14. The van der Waals surface area contributed by atoms with Crippen molar-refractivity contribution >= 4 is 23.5 Å². The monoisotopic (exact) mass is 301 g/mol. The smallest absolute Gasteiger partial charge is 0.247 e. The average molecular weight is 301 g/mol. The number of nitrogens with one attached hydrogen (secondary N) is 2. The summed E-state index contributed by atoms with van der Waals surface area (Å²) >= 11 is 0. The van der Waals surface area contributed by atoms with Crippen molar-refractivity contribution in [1.29, 1.82) is 0 Å². The maximum Gasteiger partial charge on any atom is 0.247 e. The molecule has 1 aromatic carbocycles. The van der Waals surface area contributed by atoms with Gasteiger partial charge >= 0.3 is 0 Å². The predicted molar refractivity (Wildman–Crippen MR) is 78.9 cm³/mol. The van der Waals surface area contributed by atoms with Gasteiger partial charge in [-0.15, -0.1) is 10.2 Å².